The van der Waals surface area contributed by atoms with Crippen LogP contribution in [0.25, 0.3) is 10.8 Å². The van der Waals surface area contributed by atoms with Crippen LogP contribution in [0.5, 0.6) is 0 Å². The van der Waals surface area contributed by atoms with Crippen LogP contribution in [-0.4, -0.2) is 23.1 Å². The molecule has 0 aliphatic rings. The van der Waals surface area contributed by atoms with Crippen molar-refractivity contribution in [1.29, 1.82) is 0 Å². The number of hydrogen-bond acceptors (Lipinski definition) is 4. The van der Waals surface area contributed by atoms with Crippen molar-refractivity contribution in [3.8, 4) is 0 Å². The molecule has 2 rings (SSSR count). The lowest BCUT2D eigenvalue weighted by atomic mass is 10.1. The van der Waals surface area contributed by atoms with Crippen LogP contribution in [0.2, 0.25) is 0 Å². The second-order valence-electron chi connectivity index (χ2n) is 4.78. The Morgan fingerprint density at radius 2 is 1.86 bits per heavy atom. The molecule has 0 saturated heterocycles. The van der Waals surface area contributed by atoms with Crippen molar-refractivity contribution in [2.75, 3.05) is 0 Å². The third-order valence-electron chi connectivity index (χ3n) is 3.25. The van der Waals surface area contributed by atoms with E-state index in [2.05, 4.69) is 0 Å². The summed E-state index contributed by atoms with van der Waals surface area (Å²) in [5.41, 5.74) is 6.26. The summed E-state index contributed by atoms with van der Waals surface area (Å²) in [5.74, 6) is -1.56. The third kappa shape index (κ3) is 4.03. The summed E-state index contributed by atoms with van der Waals surface area (Å²) in [7, 11) is 0. The molecule has 5 nitrogen and oxygen atoms in total. The summed E-state index contributed by atoms with van der Waals surface area (Å²) < 4.78 is 5.18. The van der Waals surface area contributed by atoms with Gasteiger partial charge in [-0.05, 0) is 22.8 Å². The minimum Gasteiger partial charge on any atom is -0.480 e. The van der Waals surface area contributed by atoms with Crippen molar-refractivity contribution in [1.82, 2.24) is 0 Å². The molecule has 0 aliphatic carbocycles. The van der Waals surface area contributed by atoms with Gasteiger partial charge in [-0.2, -0.15) is 0 Å². The highest BCUT2D eigenvalue weighted by molar-refractivity contribution is 5.85. The molecule has 2 aromatic carbocycles. The highest BCUT2D eigenvalue weighted by Crippen LogP contribution is 2.19. The normalized spacial score (nSPS) is 12.0. The van der Waals surface area contributed by atoms with E-state index in [1.54, 1.807) is 0 Å². The number of esters is 1. The van der Waals surface area contributed by atoms with Crippen LogP contribution in [0.3, 0.4) is 0 Å². The van der Waals surface area contributed by atoms with Crippen molar-refractivity contribution >= 4 is 22.7 Å². The Balaban J connectivity index is 1.93. The van der Waals surface area contributed by atoms with Gasteiger partial charge in [0.05, 0.1) is 0 Å². The van der Waals surface area contributed by atoms with E-state index in [0.717, 1.165) is 16.3 Å². The number of aliphatic carboxylic acids is 1. The molecule has 21 heavy (non-hydrogen) atoms. The Kier molecular flexibility index (Phi) is 4.90. The van der Waals surface area contributed by atoms with E-state index >= 15 is 0 Å². The molecule has 0 fully saturated rings. The van der Waals surface area contributed by atoms with Crippen LogP contribution >= 0.6 is 0 Å². The molecule has 0 aromatic heterocycles. The van der Waals surface area contributed by atoms with Gasteiger partial charge >= 0.3 is 11.9 Å². The molecule has 110 valence electrons. The highest BCUT2D eigenvalue weighted by Gasteiger charge is 2.14. The molecule has 0 saturated carbocycles. The van der Waals surface area contributed by atoms with Gasteiger partial charge in [0.1, 0.15) is 12.6 Å². The van der Waals surface area contributed by atoms with Gasteiger partial charge in [-0.3, -0.25) is 9.59 Å². The number of carbonyl (C=O) groups excluding carboxylic acids is 1. The fraction of sp³-hybridized carbons (Fsp3) is 0.250. The van der Waals surface area contributed by atoms with Gasteiger partial charge in [0.15, 0.2) is 0 Å². The largest absolute Gasteiger partial charge is 0.480 e. The molecule has 0 aliphatic heterocycles. The van der Waals surface area contributed by atoms with E-state index < -0.39 is 18.0 Å². The molecule has 1 atom stereocenters. The van der Waals surface area contributed by atoms with Crippen molar-refractivity contribution in [2.24, 2.45) is 5.73 Å². The van der Waals surface area contributed by atoms with Gasteiger partial charge in [-0.1, -0.05) is 42.5 Å². The van der Waals surface area contributed by atoms with Crippen LogP contribution < -0.4 is 5.73 Å². The number of carbonyl (C=O) groups is 2. The first-order valence-corrected chi connectivity index (χ1v) is 6.68. The molecule has 5 heteroatoms. The SMILES string of the molecule is N[C@@H](CCC(=O)OCc1cccc2ccccc12)C(=O)O. The predicted octanol–water partition coefficient (Wildman–Crippen LogP) is 2.08. The summed E-state index contributed by atoms with van der Waals surface area (Å²) in [6, 6.07) is 12.6. The van der Waals surface area contributed by atoms with Crippen molar-refractivity contribution in [3.63, 3.8) is 0 Å². The lowest BCUT2D eigenvalue weighted by Gasteiger charge is -2.09. The standard InChI is InChI=1S/C16H17NO4/c17-14(16(19)20)8-9-15(18)21-10-12-6-3-5-11-4-1-2-7-13(11)12/h1-7,14H,8-10,17H2,(H,19,20)/t14-/m0/s1. The monoisotopic (exact) mass is 287 g/mol. The van der Waals surface area contributed by atoms with Crippen LogP contribution in [0.1, 0.15) is 18.4 Å². The summed E-state index contributed by atoms with van der Waals surface area (Å²) in [6.45, 7) is 0.169. The lowest BCUT2D eigenvalue weighted by Crippen LogP contribution is -2.30. The molecule has 0 bridgehead atoms. The van der Waals surface area contributed by atoms with Crippen LogP contribution in [0.4, 0.5) is 0 Å². The number of ether oxygens (including phenoxy) is 1. The smallest absolute Gasteiger partial charge is 0.320 e. The topological polar surface area (TPSA) is 89.6 Å². The average molecular weight is 287 g/mol. The second-order valence-corrected chi connectivity index (χ2v) is 4.78. The summed E-state index contributed by atoms with van der Waals surface area (Å²) in [4.78, 5) is 22.2. The summed E-state index contributed by atoms with van der Waals surface area (Å²) >= 11 is 0. The zero-order chi connectivity index (χ0) is 15.2. The van der Waals surface area contributed by atoms with Gasteiger partial charge < -0.3 is 15.6 Å². The fourth-order valence-electron chi connectivity index (χ4n) is 2.05. The van der Waals surface area contributed by atoms with E-state index in [-0.39, 0.29) is 19.4 Å². The number of rotatable bonds is 6. The molecular weight excluding hydrogens is 270 g/mol. The molecule has 0 amide bonds. The molecule has 0 heterocycles. The van der Waals surface area contributed by atoms with Gasteiger partial charge in [0, 0.05) is 6.42 Å². The first-order valence-electron chi connectivity index (χ1n) is 6.68. The minimum atomic E-state index is -1.11. The van der Waals surface area contributed by atoms with Crippen LogP contribution in [-0.2, 0) is 20.9 Å². The Hall–Kier alpha value is -2.40. The average Bonchev–Trinajstić information content (AvgIpc) is 2.50. The lowest BCUT2D eigenvalue weighted by molar-refractivity contribution is -0.145. The van der Waals surface area contributed by atoms with Crippen molar-refractivity contribution < 1.29 is 19.4 Å². The van der Waals surface area contributed by atoms with Gasteiger partial charge in [0.2, 0.25) is 0 Å². The maximum absolute atomic E-state index is 11.6. The summed E-state index contributed by atoms with van der Waals surface area (Å²) in [5, 5.41) is 10.8. The van der Waals surface area contributed by atoms with Crippen LogP contribution in [0, 0.1) is 0 Å². The second kappa shape index (κ2) is 6.85. The van der Waals surface area contributed by atoms with E-state index in [0.29, 0.717) is 0 Å². The van der Waals surface area contributed by atoms with Gasteiger partial charge in [0.25, 0.3) is 0 Å². The van der Waals surface area contributed by atoms with E-state index in [9.17, 15) is 9.59 Å². The number of hydrogen-bond donors (Lipinski definition) is 2. The number of fused-ring (bicyclic) bond motifs is 1. The Morgan fingerprint density at radius 3 is 2.62 bits per heavy atom. The highest BCUT2D eigenvalue weighted by atomic mass is 16.5. The zero-order valence-corrected chi connectivity index (χ0v) is 11.5. The van der Waals surface area contributed by atoms with Gasteiger partial charge in [-0.25, -0.2) is 0 Å². The zero-order valence-electron chi connectivity index (χ0n) is 11.5. The van der Waals surface area contributed by atoms with Crippen molar-refractivity contribution in [2.45, 2.75) is 25.5 Å². The van der Waals surface area contributed by atoms with E-state index in [1.165, 1.54) is 0 Å². The number of carboxylic acids is 1. The predicted molar refractivity (Wildman–Crippen MR) is 78.6 cm³/mol. The van der Waals surface area contributed by atoms with Gasteiger partial charge in [-0.15, -0.1) is 0 Å². The third-order valence-corrected chi connectivity index (χ3v) is 3.25. The summed E-state index contributed by atoms with van der Waals surface area (Å²) in [6.07, 6.45) is 0.0714. The van der Waals surface area contributed by atoms with E-state index in [4.69, 9.17) is 15.6 Å². The van der Waals surface area contributed by atoms with E-state index in [1.807, 2.05) is 42.5 Å². The first-order chi connectivity index (χ1) is 10.1. The number of carboxylic acid groups (broad SMARTS) is 1. The maximum Gasteiger partial charge on any atom is 0.320 e. The maximum atomic E-state index is 11.6. The first kappa shape index (κ1) is 15.0. The Bertz CT molecular complexity index is 648. The van der Waals surface area contributed by atoms with Crippen molar-refractivity contribution in [3.05, 3.63) is 48.0 Å². The minimum absolute atomic E-state index is 0.00175. The number of benzene rings is 2. The quantitative estimate of drug-likeness (QED) is 0.794. The number of nitrogens with two attached hydrogens (primary N) is 1. The molecule has 3 N–H and O–H groups in total. The Morgan fingerprint density at radius 1 is 1.14 bits per heavy atom. The fourth-order valence-corrected chi connectivity index (χ4v) is 2.05. The van der Waals surface area contributed by atoms with Crippen LogP contribution in [0.15, 0.2) is 42.5 Å². The molecular formula is C16H17NO4. The molecule has 0 radical (unpaired) electrons. The Labute approximate surface area is 122 Å². The molecule has 0 spiro atoms. The molecule has 0 unspecified atom stereocenters. The molecule has 2 aromatic rings.